The standard InChI is InChI=1S/C9H12S/c1-2-5-9(6-3-1)10-7-4-8-10/h1-3,5-6,10H,4,7-8H2. The maximum absolute atomic E-state index is 2.27. The molecule has 1 aromatic carbocycles. The minimum absolute atomic E-state index is 0.307. The maximum Gasteiger partial charge on any atom is -0.0125 e. The van der Waals surface area contributed by atoms with Crippen LogP contribution in [0.15, 0.2) is 35.2 Å². The average Bonchev–Trinajstić information content (AvgIpc) is 1.86. The molecule has 1 heterocycles. The fourth-order valence-corrected chi connectivity index (χ4v) is 2.96. The predicted octanol–water partition coefficient (Wildman–Crippen LogP) is 2.45. The first-order valence-corrected chi connectivity index (χ1v) is 5.48. The van der Waals surface area contributed by atoms with Crippen LogP contribution in [0.5, 0.6) is 0 Å². The predicted molar refractivity (Wildman–Crippen MR) is 48.0 cm³/mol. The van der Waals surface area contributed by atoms with E-state index in [1.807, 2.05) is 0 Å². The highest BCUT2D eigenvalue weighted by atomic mass is 32.2. The van der Waals surface area contributed by atoms with Crippen LogP contribution in [0.4, 0.5) is 0 Å². The molecule has 0 aromatic heterocycles. The summed E-state index contributed by atoms with van der Waals surface area (Å²) in [4.78, 5) is 1.60. The first-order valence-electron chi connectivity index (χ1n) is 3.77. The summed E-state index contributed by atoms with van der Waals surface area (Å²) in [7, 11) is 0.307. The molecule has 1 heteroatoms. The quantitative estimate of drug-likeness (QED) is 0.587. The zero-order valence-electron chi connectivity index (χ0n) is 5.96. The highest BCUT2D eigenvalue weighted by Gasteiger charge is 2.13. The molecular weight excluding hydrogens is 140 g/mol. The van der Waals surface area contributed by atoms with Gasteiger partial charge in [-0.05, 0) is 22.8 Å². The number of thiol groups is 1. The van der Waals surface area contributed by atoms with E-state index in [0.29, 0.717) is 10.9 Å². The van der Waals surface area contributed by atoms with Crippen molar-refractivity contribution >= 4 is 10.9 Å². The number of hydrogen-bond acceptors (Lipinski definition) is 0. The van der Waals surface area contributed by atoms with E-state index in [0.717, 1.165) is 0 Å². The number of benzene rings is 1. The van der Waals surface area contributed by atoms with Gasteiger partial charge in [0, 0.05) is 0 Å². The van der Waals surface area contributed by atoms with Crippen molar-refractivity contribution in [2.45, 2.75) is 11.3 Å². The van der Waals surface area contributed by atoms with Crippen molar-refractivity contribution < 1.29 is 0 Å². The van der Waals surface area contributed by atoms with Gasteiger partial charge in [0.2, 0.25) is 0 Å². The molecule has 1 saturated heterocycles. The van der Waals surface area contributed by atoms with Crippen molar-refractivity contribution in [2.75, 3.05) is 11.5 Å². The lowest BCUT2D eigenvalue weighted by Gasteiger charge is -2.30. The summed E-state index contributed by atoms with van der Waals surface area (Å²) in [6.07, 6.45) is 1.46. The molecule has 1 aliphatic heterocycles. The first kappa shape index (κ1) is 6.29. The Balaban J connectivity index is 2.18. The Kier molecular flexibility index (Phi) is 1.68. The lowest BCUT2D eigenvalue weighted by atomic mass is 10.4. The zero-order chi connectivity index (χ0) is 6.81. The van der Waals surface area contributed by atoms with Gasteiger partial charge in [0.25, 0.3) is 0 Å². The molecule has 1 aliphatic rings. The van der Waals surface area contributed by atoms with Crippen molar-refractivity contribution in [3.63, 3.8) is 0 Å². The molecule has 0 nitrogen and oxygen atoms in total. The van der Waals surface area contributed by atoms with Gasteiger partial charge >= 0.3 is 0 Å². The molecule has 0 unspecified atom stereocenters. The van der Waals surface area contributed by atoms with Crippen LogP contribution >= 0.6 is 10.9 Å². The Labute approximate surface area is 64.6 Å². The van der Waals surface area contributed by atoms with Crippen molar-refractivity contribution in [2.24, 2.45) is 0 Å². The van der Waals surface area contributed by atoms with Gasteiger partial charge in [-0.15, -0.1) is 0 Å². The zero-order valence-corrected chi connectivity index (χ0v) is 6.85. The summed E-state index contributed by atoms with van der Waals surface area (Å²) >= 11 is 0. The van der Waals surface area contributed by atoms with E-state index in [-0.39, 0.29) is 0 Å². The third kappa shape index (κ3) is 1.06. The first-order chi connectivity index (χ1) is 4.97. The van der Waals surface area contributed by atoms with Crippen LogP contribution in [0.3, 0.4) is 0 Å². The van der Waals surface area contributed by atoms with Crippen LogP contribution in [-0.2, 0) is 0 Å². The van der Waals surface area contributed by atoms with Crippen LogP contribution < -0.4 is 0 Å². The Bertz CT molecular complexity index is 201. The van der Waals surface area contributed by atoms with E-state index in [2.05, 4.69) is 30.3 Å². The van der Waals surface area contributed by atoms with E-state index >= 15 is 0 Å². The molecule has 0 aliphatic carbocycles. The molecule has 0 N–H and O–H groups in total. The Morgan fingerprint density at radius 1 is 1.00 bits per heavy atom. The second-order valence-corrected chi connectivity index (χ2v) is 5.17. The third-order valence-corrected chi connectivity index (χ3v) is 4.72. The molecule has 1 fully saturated rings. The Morgan fingerprint density at radius 3 is 2.20 bits per heavy atom. The smallest absolute Gasteiger partial charge is 0.0125 e. The molecule has 1 aromatic rings. The molecule has 0 amide bonds. The lowest BCUT2D eigenvalue weighted by Crippen LogP contribution is -2.07. The summed E-state index contributed by atoms with van der Waals surface area (Å²) in [6, 6.07) is 10.9. The minimum Gasteiger partial charge on any atom is -0.227 e. The highest BCUT2D eigenvalue weighted by molar-refractivity contribution is 8.18. The topological polar surface area (TPSA) is 0 Å². The second kappa shape index (κ2) is 2.67. The highest BCUT2D eigenvalue weighted by Crippen LogP contribution is 2.44. The number of rotatable bonds is 1. The number of hydrogen-bond donors (Lipinski definition) is 1. The van der Waals surface area contributed by atoms with Gasteiger partial charge < -0.3 is 0 Å². The summed E-state index contributed by atoms with van der Waals surface area (Å²) < 4.78 is 0. The van der Waals surface area contributed by atoms with E-state index < -0.39 is 0 Å². The maximum atomic E-state index is 2.27. The van der Waals surface area contributed by atoms with Gasteiger partial charge in [0.1, 0.15) is 0 Å². The van der Waals surface area contributed by atoms with E-state index in [1.54, 1.807) is 4.90 Å². The van der Waals surface area contributed by atoms with Gasteiger partial charge in [-0.25, -0.2) is 10.9 Å². The van der Waals surface area contributed by atoms with Crippen molar-refractivity contribution in [1.29, 1.82) is 0 Å². The molecule has 0 spiro atoms. The van der Waals surface area contributed by atoms with Crippen molar-refractivity contribution in [3.8, 4) is 0 Å². The molecule has 2 rings (SSSR count). The Morgan fingerprint density at radius 2 is 1.70 bits per heavy atom. The largest absolute Gasteiger partial charge is 0.227 e. The van der Waals surface area contributed by atoms with Gasteiger partial charge in [0.15, 0.2) is 0 Å². The van der Waals surface area contributed by atoms with Gasteiger partial charge in [-0.3, -0.25) is 0 Å². The molecule has 0 radical (unpaired) electrons. The summed E-state index contributed by atoms with van der Waals surface area (Å²) in [5.74, 6) is 2.94. The molecule has 54 valence electrons. The Hall–Kier alpha value is -0.430. The summed E-state index contributed by atoms with van der Waals surface area (Å²) in [6.45, 7) is 0. The van der Waals surface area contributed by atoms with E-state index in [4.69, 9.17) is 0 Å². The fourth-order valence-electron chi connectivity index (χ4n) is 1.21. The van der Waals surface area contributed by atoms with Crippen molar-refractivity contribution in [3.05, 3.63) is 30.3 Å². The van der Waals surface area contributed by atoms with Crippen LogP contribution in [0, 0.1) is 0 Å². The van der Waals surface area contributed by atoms with Crippen LogP contribution in [0.2, 0.25) is 0 Å². The van der Waals surface area contributed by atoms with Gasteiger partial charge in [-0.2, -0.15) is 0 Å². The van der Waals surface area contributed by atoms with Crippen LogP contribution in [0.25, 0.3) is 0 Å². The second-order valence-electron chi connectivity index (χ2n) is 2.68. The summed E-state index contributed by atoms with van der Waals surface area (Å²) in [5.41, 5.74) is 0. The molecule has 0 bridgehead atoms. The van der Waals surface area contributed by atoms with Gasteiger partial charge in [-0.1, -0.05) is 30.3 Å². The minimum atomic E-state index is 0.307. The fraction of sp³-hybridized carbons (Fsp3) is 0.333. The van der Waals surface area contributed by atoms with Crippen LogP contribution in [-0.4, -0.2) is 11.5 Å². The van der Waals surface area contributed by atoms with Gasteiger partial charge in [0.05, 0.1) is 0 Å². The molecule has 10 heavy (non-hydrogen) atoms. The van der Waals surface area contributed by atoms with E-state index in [1.165, 1.54) is 17.9 Å². The molecular formula is C9H12S. The molecule has 0 atom stereocenters. The average molecular weight is 152 g/mol. The summed E-state index contributed by atoms with van der Waals surface area (Å²) in [5, 5.41) is 0. The normalized spacial score (nSPS) is 20.2. The third-order valence-electron chi connectivity index (χ3n) is 1.98. The SMILES string of the molecule is c1ccc([SH]2CCC2)cc1. The monoisotopic (exact) mass is 152 g/mol. The lowest BCUT2D eigenvalue weighted by molar-refractivity contribution is 1.03. The molecule has 0 saturated carbocycles. The van der Waals surface area contributed by atoms with Crippen molar-refractivity contribution in [1.82, 2.24) is 0 Å². The van der Waals surface area contributed by atoms with E-state index in [9.17, 15) is 0 Å². The van der Waals surface area contributed by atoms with Crippen LogP contribution in [0.1, 0.15) is 6.42 Å².